The largest absolute Gasteiger partial charge is 0.395 e. The molecule has 1 N–H and O–H groups in total. The zero-order valence-corrected chi connectivity index (χ0v) is 17.1. The number of hydrogen-bond acceptors (Lipinski definition) is 5. The predicted molar refractivity (Wildman–Crippen MR) is 113 cm³/mol. The molecule has 0 bridgehead atoms. The van der Waals surface area contributed by atoms with E-state index in [4.69, 9.17) is 9.72 Å². The third-order valence-electron chi connectivity index (χ3n) is 5.34. The molecule has 4 heterocycles. The molecule has 0 aliphatic carbocycles. The lowest BCUT2D eigenvalue weighted by Gasteiger charge is -2.24. The van der Waals surface area contributed by atoms with E-state index >= 15 is 0 Å². The van der Waals surface area contributed by atoms with E-state index in [0.717, 1.165) is 40.0 Å². The topological polar surface area (TPSA) is 77.2 Å². The van der Waals surface area contributed by atoms with Crippen LogP contribution >= 0.6 is 13.5 Å². The van der Waals surface area contributed by atoms with E-state index in [2.05, 4.69) is 4.98 Å². The lowest BCUT2D eigenvalue weighted by Crippen LogP contribution is -2.32. The Hall–Kier alpha value is -2.22. The molecule has 6 nitrogen and oxygen atoms in total. The van der Waals surface area contributed by atoms with E-state index in [1.165, 1.54) is 0 Å². The maximum atomic E-state index is 11.5. The number of rotatable bonds is 5. The Labute approximate surface area is 171 Å². The number of aliphatic hydroxyl groups is 1. The van der Waals surface area contributed by atoms with Gasteiger partial charge in [-0.1, -0.05) is 6.07 Å². The Morgan fingerprint density at radius 2 is 2.21 bits per heavy atom. The van der Waals surface area contributed by atoms with E-state index in [9.17, 15) is 9.90 Å². The van der Waals surface area contributed by atoms with Crippen molar-refractivity contribution in [1.29, 1.82) is 0 Å². The Kier molecular flexibility index (Phi) is 5.88. The van der Waals surface area contributed by atoms with Gasteiger partial charge in [0.2, 0.25) is 0 Å². The van der Waals surface area contributed by atoms with E-state index in [0.29, 0.717) is 19.6 Å². The zero-order valence-electron chi connectivity index (χ0n) is 16.1. The summed E-state index contributed by atoms with van der Waals surface area (Å²) in [6.45, 7) is 2.72. The van der Waals surface area contributed by atoms with Crippen molar-refractivity contribution >= 4 is 30.2 Å². The molecule has 1 aliphatic rings. The highest BCUT2D eigenvalue weighted by molar-refractivity contribution is 7.59. The molecule has 1 saturated heterocycles. The minimum Gasteiger partial charge on any atom is -0.395 e. The first-order valence-electron chi connectivity index (χ1n) is 9.12. The van der Waals surface area contributed by atoms with Gasteiger partial charge in [-0.25, -0.2) is 0 Å². The summed E-state index contributed by atoms with van der Waals surface area (Å²) < 4.78 is 7.55. The number of aliphatic hydroxyl groups excluding tert-OH is 1. The number of carbonyl (C=O) groups excluding carboxylic acids is 1. The van der Waals surface area contributed by atoms with Gasteiger partial charge in [0.15, 0.2) is 0 Å². The molecule has 28 heavy (non-hydrogen) atoms. The van der Waals surface area contributed by atoms with Gasteiger partial charge in [-0.2, -0.15) is 13.5 Å². The third kappa shape index (κ3) is 3.57. The van der Waals surface area contributed by atoms with Gasteiger partial charge >= 0.3 is 0 Å². The second-order valence-corrected chi connectivity index (χ2v) is 7.37. The second kappa shape index (κ2) is 8.03. The van der Waals surface area contributed by atoms with Crippen LogP contribution in [-0.4, -0.2) is 45.2 Å². The minimum atomic E-state index is -0.429. The normalized spacial score (nSPS) is 19.0. The average Bonchev–Trinajstić information content (AvgIpc) is 3.27. The maximum absolute atomic E-state index is 11.5. The summed E-state index contributed by atoms with van der Waals surface area (Å²) in [4.78, 5) is 20.8. The fraction of sp³-hybridized carbons (Fsp3) is 0.381. The highest BCUT2D eigenvalue weighted by atomic mass is 32.1. The molecule has 0 amide bonds. The van der Waals surface area contributed by atoms with Crippen LogP contribution < -0.4 is 0 Å². The van der Waals surface area contributed by atoms with Crippen molar-refractivity contribution in [3.05, 3.63) is 48.0 Å². The van der Waals surface area contributed by atoms with E-state index < -0.39 is 5.41 Å². The summed E-state index contributed by atoms with van der Waals surface area (Å²) in [6, 6.07) is 7.89. The van der Waals surface area contributed by atoms with Crippen molar-refractivity contribution in [2.45, 2.75) is 25.2 Å². The molecule has 1 fully saturated rings. The van der Waals surface area contributed by atoms with Crippen molar-refractivity contribution in [1.82, 2.24) is 14.5 Å². The number of aromatic nitrogens is 3. The highest BCUT2D eigenvalue weighted by Gasteiger charge is 2.37. The number of carbonyl (C=O) groups is 1. The molecule has 0 unspecified atom stereocenters. The van der Waals surface area contributed by atoms with Gasteiger partial charge in [-0.3, -0.25) is 14.8 Å². The first kappa shape index (κ1) is 20.5. The van der Waals surface area contributed by atoms with Gasteiger partial charge in [0, 0.05) is 42.9 Å². The fourth-order valence-corrected chi connectivity index (χ4v) is 3.77. The van der Waals surface area contributed by atoms with Crippen LogP contribution in [0.25, 0.3) is 22.2 Å². The Morgan fingerprint density at radius 3 is 2.89 bits per heavy atom. The number of nitrogens with zero attached hydrogens (tertiary/aromatic N) is 3. The average molecular weight is 400 g/mol. The van der Waals surface area contributed by atoms with Crippen LogP contribution in [0.3, 0.4) is 0 Å². The SMILES string of the molecule is CC(=O)Cc1cc2c(-c3cccc([C@]4(CO)CCOC4)n3)cn(C)c2cn1.S. The smallest absolute Gasteiger partial charge is 0.135 e. The van der Waals surface area contributed by atoms with Crippen molar-refractivity contribution in [3.8, 4) is 11.3 Å². The van der Waals surface area contributed by atoms with Crippen molar-refractivity contribution in [2.75, 3.05) is 19.8 Å². The van der Waals surface area contributed by atoms with Gasteiger partial charge in [0.25, 0.3) is 0 Å². The molecule has 148 valence electrons. The molecule has 0 spiro atoms. The summed E-state index contributed by atoms with van der Waals surface area (Å²) in [6.07, 6.45) is 4.93. The van der Waals surface area contributed by atoms with Crippen LogP contribution in [-0.2, 0) is 28.4 Å². The molecule has 3 aromatic rings. The van der Waals surface area contributed by atoms with Crippen LogP contribution in [0.15, 0.2) is 36.7 Å². The van der Waals surface area contributed by atoms with E-state index in [1.807, 2.05) is 42.1 Å². The van der Waals surface area contributed by atoms with E-state index in [1.54, 1.807) is 13.1 Å². The highest BCUT2D eigenvalue weighted by Crippen LogP contribution is 2.34. The van der Waals surface area contributed by atoms with Crippen LogP contribution in [0.1, 0.15) is 24.7 Å². The molecule has 0 saturated carbocycles. The number of aryl methyl sites for hydroxylation is 1. The quantitative estimate of drug-likeness (QED) is 0.713. The van der Waals surface area contributed by atoms with Crippen LogP contribution in [0, 0.1) is 0 Å². The first-order valence-corrected chi connectivity index (χ1v) is 9.12. The molecule has 1 atom stereocenters. The molecule has 1 aliphatic heterocycles. The van der Waals surface area contributed by atoms with Gasteiger partial charge in [-0.15, -0.1) is 0 Å². The summed E-state index contributed by atoms with van der Waals surface area (Å²) >= 11 is 0. The molecular formula is C21H25N3O3S. The summed E-state index contributed by atoms with van der Waals surface area (Å²) in [5.74, 6) is 0.0885. The zero-order chi connectivity index (χ0) is 19.0. The number of hydrogen-bond donors (Lipinski definition) is 1. The van der Waals surface area contributed by atoms with Gasteiger partial charge in [0.1, 0.15) is 5.78 Å². The molecule has 0 radical (unpaired) electrons. The molecular weight excluding hydrogens is 374 g/mol. The monoisotopic (exact) mass is 399 g/mol. The standard InChI is InChI=1S/C21H23N3O3.H2S/c1-14(26)8-15-9-16-17(11-24(2)19(16)10-22-15)18-4-3-5-20(23-18)21(12-25)6-7-27-13-21;/h3-5,9-11,25H,6-8,12-13H2,1-2H3;1H2/t21-;/m0./s1. The fourth-order valence-electron chi connectivity index (χ4n) is 3.77. The summed E-state index contributed by atoms with van der Waals surface area (Å²) in [5, 5.41) is 11.0. The number of ether oxygens (including phenoxy) is 1. The predicted octanol–water partition coefficient (Wildman–Crippen LogP) is 2.53. The summed E-state index contributed by atoms with van der Waals surface area (Å²) in [5.41, 5.74) is 4.02. The number of pyridine rings is 2. The Balaban J connectivity index is 0.00000225. The second-order valence-electron chi connectivity index (χ2n) is 7.37. The van der Waals surface area contributed by atoms with Gasteiger partial charge in [-0.05, 0) is 31.5 Å². The minimum absolute atomic E-state index is 0. The number of fused-ring (bicyclic) bond motifs is 1. The number of Topliss-reactive ketones (excluding diaryl/α,β-unsaturated/α-hetero) is 1. The Morgan fingerprint density at radius 1 is 1.39 bits per heavy atom. The van der Waals surface area contributed by atoms with Gasteiger partial charge < -0.3 is 14.4 Å². The molecule has 4 rings (SSSR count). The number of ketones is 1. The third-order valence-corrected chi connectivity index (χ3v) is 5.34. The Bertz CT molecular complexity index is 1010. The molecule has 7 heteroatoms. The van der Waals surface area contributed by atoms with Gasteiger partial charge in [0.05, 0.1) is 41.7 Å². The van der Waals surface area contributed by atoms with Crippen molar-refractivity contribution in [2.24, 2.45) is 7.05 Å². The van der Waals surface area contributed by atoms with E-state index in [-0.39, 0.29) is 25.9 Å². The van der Waals surface area contributed by atoms with Crippen LogP contribution in [0.2, 0.25) is 0 Å². The lowest BCUT2D eigenvalue weighted by molar-refractivity contribution is -0.116. The first-order chi connectivity index (χ1) is 13.0. The van der Waals surface area contributed by atoms with Crippen LogP contribution in [0.4, 0.5) is 0 Å². The molecule has 0 aromatic carbocycles. The lowest BCUT2D eigenvalue weighted by atomic mass is 9.84. The maximum Gasteiger partial charge on any atom is 0.135 e. The molecule has 3 aromatic heterocycles. The van der Waals surface area contributed by atoms with Crippen molar-refractivity contribution < 1.29 is 14.6 Å². The summed E-state index contributed by atoms with van der Waals surface area (Å²) in [7, 11) is 1.97. The van der Waals surface area contributed by atoms with Crippen LogP contribution in [0.5, 0.6) is 0 Å². The van der Waals surface area contributed by atoms with Crippen molar-refractivity contribution in [3.63, 3.8) is 0 Å².